The number of halogens is 1. The number of nitrogens with zero attached hydrogens (tertiary/aromatic N) is 2. The number of nitrogens with one attached hydrogen (secondary N) is 1. The molecule has 3 aromatic rings. The van der Waals surface area contributed by atoms with Crippen LogP contribution in [-0.2, 0) is 44.3 Å². The Morgan fingerprint density at radius 3 is 2.77 bits per heavy atom. The molecule has 202 valence electrons. The highest BCUT2D eigenvalue weighted by atomic mass is 19.1. The fraction of sp³-hybridized carbons (Fsp3) is 0.393. The molecule has 2 atom stereocenters. The lowest BCUT2D eigenvalue weighted by molar-refractivity contribution is -0.172. The van der Waals surface area contributed by atoms with Crippen molar-refractivity contribution in [2.75, 3.05) is 6.54 Å². The number of fused-ring (bicyclic) bond motifs is 5. The van der Waals surface area contributed by atoms with Crippen molar-refractivity contribution in [3.05, 3.63) is 61.7 Å². The number of hydrogen-bond donors (Lipinski definition) is 3. The molecule has 0 spiro atoms. The van der Waals surface area contributed by atoms with Gasteiger partial charge in [0.05, 0.1) is 29.0 Å². The van der Waals surface area contributed by atoms with Gasteiger partial charge in [-0.05, 0) is 49.1 Å². The first-order valence-corrected chi connectivity index (χ1v) is 12.9. The Bertz CT molecular complexity index is 1700. The summed E-state index contributed by atoms with van der Waals surface area (Å²) in [6.45, 7) is 3.31. The fourth-order valence-electron chi connectivity index (χ4n) is 6.05. The second-order valence-corrected chi connectivity index (χ2v) is 10.3. The number of cyclic esters (lactones) is 1. The molecule has 6 rings (SSSR count). The number of esters is 1. The summed E-state index contributed by atoms with van der Waals surface area (Å²) in [5.41, 5.74) is 6.26. The molecule has 0 saturated carbocycles. The van der Waals surface area contributed by atoms with E-state index in [1.54, 1.807) is 19.9 Å². The molecule has 0 saturated heterocycles. The van der Waals surface area contributed by atoms with Crippen LogP contribution >= 0.6 is 0 Å². The molecule has 0 bridgehead atoms. The number of aromatic nitrogens is 2. The predicted molar refractivity (Wildman–Crippen MR) is 137 cm³/mol. The number of ether oxygens (including phenoxy) is 1. The van der Waals surface area contributed by atoms with Gasteiger partial charge in [0.25, 0.3) is 5.56 Å². The number of pyridine rings is 2. The van der Waals surface area contributed by atoms with Crippen LogP contribution in [0.1, 0.15) is 65.6 Å². The molecule has 1 aliphatic carbocycles. The van der Waals surface area contributed by atoms with Gasteiger partial charge in [0.15, 0.2) is 11.4 Å². The number of nitrogens with two attached hydrogens (primary N) is 1. The summed E-state index contributed by atoms with van der Waals surface area (Å²) in [4.78, 5) is 57.0. The van der Waals surface area contributed by atoms with E-state index < -0.39 is 29.0 Å². The molecule has 2 aromatic heterocycles. The van der Waals surface area contributed by atoms with Crippen LogP contribution in [0, 0.1) is 12.7 Å². The predicted octanol–water partition coefficient (Wildman–Crippen LogP) is 1.55. The summed E-state index contributed by atoms with van der Waals surface area (Å²) in [6.07, 6.45) is 0.511. The average molecular weight is 535 g/mol. The molecule has 11 heteroatoms. The number of carbonyl (C=O) groups is 3. The highest BCUT2D eigenvalue weighted by Crippen LogP contribution is 2.45. The summed E-state index contributed by atoms with van der Waals surface area (Å²) in [7, 11) is 0. The zero-order valence-corrected chi connectivity index (χ0v) is 21.5. The van der Waals surface area contributed by atoms with E-state index in [4.69, 9.17) is 15.5 Å². The van der Waals surface area contributed by atoms with Gasteiger partial charge in [0.1, 0.15) is 18.5 Å². The maximum absolute atomic E-state index is 15.0. The Morgan fingerprint density at radius 2 is 2.05 bits per heavy atom. The van der Waals surface area contributed by atoms with E-state index in [-0.39, 0.29) is 55.2 Å². The molecule has 0 fully saturated rings. The van der Waals surface area contributed by atoms with Gasteiger partial charge in [-0.1, -0.05) is 6.92 Å². The molecule has 39 heavy (non-hydrogen) atoms. The molecule has 1 amide bonds. The van der Waals surface area contributed by atoms with Gasteiger partial charge in [-0.3, -0.25) is 14.4 Å². The highest BCUT2D eigenvalue weighted by Gasteiger charge is 2.46. The molecular weight excluding hydrogens is 507 g/mol. The third-order valence-electron chi connectivity index (χ3n) is 8.22. The first-order chi connectivity index (χ1) is 18.6. The van der Waals surface area contributed by atoms with Crippen LogP contribution < -0.4 is 16.6 Å². The van der Waals surface area contributed by atoms with Crippen LogP contribution in [0.5, 0.6) is 0 Å². The summed E-state index contributed by atoms with van der Waals surface area (Å²) in [6, 6.07) is 1.84. The second kappa shape index (κ2) is 8.78. The third kappa shape index (κ3) is 3.49. The zero-order chi connectivity index (χ0) is 27.8. The lowest BCUT2D eigenvalue weighted by atomic mass is 9.81. The topological polar surface area (TPSA) is 154 Å². The number of amides is 1. The van der Waals surface area contributed by atoms with Crippen molar-refractivity contribution in [2.45, 2.75) is 64.3 Å². The van der Waals surface area contributed by atoms with Gasteiger partial charge >= 0.3 is 5.97 Å². The van der Waals surface area contributed by atoms with Gasteiger partial charge in [-0.15, -0.1) is 0 Å². The van der Waals surface area contributed by atoms with Crippen molar-refractivity contribution < 1.29 is 28.6 Å². The van der Waals surface area contributed by atoms with E-state index in [2.05, 4.69) is 5.32 Å². The summed E-state index contributed by atoms with van der Waals surface area (Å²) in [5, 5.41) is 14.6. The van der Waals surface area contributed by atoms with Crippen LogP contribution in [0.25, 0.3) is 22.3 Å². The molecule has 4 heterocycles. The fourth-order valence-corrected chi connectivity index (χ4v) is 6.05. The highest BCUT2D eigenvalue weighted by molar-refractivity contribution is 6.05. The van der Waals surface area contributed by atoms with Crippen molar-refractivity contribution in [2.24, 2.45) is 5.73 Å². The molecule has 0 radical (unpaired) electrons. The maximum atomic E-state index is 15.0. The van der Waals surface area contributed by atoms with Crippen LogP contribution in [0.2, 0.25) is 0 Å². The van der Waals surface area contributed by atoms with E-state index in [9.17, 15) is 28.7 Å². The standard InChI is InChI=1S/C28H27FN4O6/c1-3-28(38)16-8-19-24-14(10-33(19)26(36)15(16)11-39-27(28)37)23-22-13(12(2)17(29)9-18(22)31-24)7-20(34)25(23)32-21(35)5-4-6-30/h8-9,25,38H,3-7,10-11,30H2,1-2H3,(H,32,35)/t25-,28+/m1/s1. The van der Waals surface area contributed by atoms with Crippen molar-refractivity contribution in [1.82, 2.24) is 14.9 Å². The van der Waals surface area contributed by atoms with E-state index in [0.717, 1.165) is 0 Å². The second-order valence-electron chi connectivity index (χ2n) is 10.3. The molecule has 10 nitrogen and oxygen atoms in total. The SMILES string of the molecule is CC[C@@]1(O)C(=O)OCc2c1cc1n(c2=O)Cc2c-1nc1cc(F)c(C)c3c1c2[C@H](NC(=O)CCCN)C(=O)C3. The first-order valence-electron chi connectivity index (χ1n) is 12.9. The number of carbonyl (C=O) groups excluding carboxylic acids is 3. The minimum Gasteiger partial charge on any atom is -0.458 e. The smallest absolute Gasteiger partial charge is 0.343 e. The number of aliphatic hydroxyl groups is 1. The Labute approximate surface area is 222 Å². The average Bonchev–Trinajstić information content (AvgIpc) is 3.28. The summed E-state index contributed by atoms with van der Waals surface area (Å²) >= 11 is 0. The van der Waals surface area contributed by atoms with Crippen LogP contribution in [0.3, 0.4) is 0 Å². The molecule has 1 aromatic carbocycles. The van der Waals surface area contributed by atoms with Crippen molar-refractivity contribution in [3.63, 3.8) is 0 Å². The summed E-state index contributed by atoms with van der Waals surface area (Å²) < 4.78 is 21.6. The first kappa shape index (κ1) is 25.3. The van der Waals surface area contributed by atoms with E-state index in [1.807, 2.05) is 0 Å². The van der Waals surface area contributed by atoms with E-state index in [0.29, 0.717) is 57.5 Å². The van der Waals surface area contributed by atoms with Gasteiger partial charge < -0.3 is 25.5 Å². The van der Waals surface area contributed by atoms with Gasteiger partial charge in [0.2, 0.25) is 5.91 Å². The normalized spacial score (nSPS) is 20.9. The minimum atomic E-state index is -2.00. The Morgan fingerprint density at radius 1 is 1.28 bits per heavy atom. The minimum absolute atomic E-state index is 0.00968. The number of hydrogen-bond acceptors (Lipinski definition) is 8. The monoisotopic (exact) mass is 534 g/mol. The van der Waals surface area contributed by atoms with Crippen LogP contribution in [0.4, 0.5) is 4.39 Å². The van der Waals surface area contributed by atoms with Gasteiger partial charge in [0, 0.05) is 35.4 Å². The molecular formula is C28H27FN4O6. The number of rotatable bonds is 5. The number of Topliss-reactive ketones (excluding diaryl/α,β-unsaturated/α-hetero) is 1. The quantitative estimate of drug-likeness (QED) is 0.326. The lowest BCUT2D eigenvalue weighted by Crippen LogP contribution is -2.44. The molecule has 4 N–H and O–H groups in total. The largest absolute Gasteiger partial charge is 0.458 e. The zero-order valence-electron chi connectivity index (χ0n) is 21.5. The molecule has 2 aliphatic heterocycles. The van der Waals surface area contributed by atoms with Crippen molar-refractivity contribution in [1.29, 1.82) is 0 Å². The van der Waals surface area contributed by atoms with Gasteiger partial charge in [-0.25, -0.2) is 14.2 Å². The molecule has 3 aliphatic rings. The van der Waals surface area contributed by atoms with E-state index >= 15 is 0 Å². The lowest BCUT2D eigenvalue weighted by Gasteiger charge is -2.31. The van der Waals surface area contributed by atoms with Crippen LogP contribution in [-0.4, -0.2) is 38.9 Å². The number of ketones is 1. The Kier molecular flexibility index (Phi) is 5.70. The van der Waals surface area contributed by atoms with Crippen LogP contribution in [0.15, 0.2) is 16.9 Å². The Balaban J connectivity index is 1.63. The number of benzene rings is 1. The third-order valence-corrected chi connectivity index (χ3v) is 8.22. The molecule has 0 unspecified atom stereocenters. The Hall–Kier alpha value is -3.96. The maximum Gasteiger partial charge on any atom is 0.343 e. The van der Waals surface area contributed by atoms with Crippen molar-refractivity contribution in [3.8, 4) is 11.4 Å². The summed E-state index contributed by atoms with van der Waals surface area (Å²) in [5.74, 6) is -1.99. The van der Waals surface area contributed by atoms with Gasteiger partial charge in [-0.2, -0.15) is 0 Å². The van der Waals surface area contributed by atoms with Crippen molar-refractivity contribution >= 4 is 28.6 Å². The van der Waals surface area contributed by atoms with E-state index in [1.165, 1.54) is 10.6 Å².